The van der Waals surface area contributed by atoms with Crippen LogP contribution in [0.25, 0.3) is 5.76 Å². The number of carbonyl (C=O) groups is 2. The lowest BCUT2D eigenvalue weighted by atomic mass is 9.95. The van der Waals surface area contributed by atoms with Crippen molar-refractivity contribution in [3.8, 4) is 17.2 Å². The molecule has 2 aliphatic heterocycles. The van der Waals surface area contributed by atoms with E-state index in [-0.39, 0.29) is 11.3 Å². The van der Waals surface area contributed by atoms with Gasteiger partial charge >= 0.3 is 0 Å². The number of aliphatic hydroxyl groups excluding tert-OH is 1. The van der Waals surface area contributed by atoms with Crippen molar-refractivity contribution in [2.75, 3.05) is 47.0 Å². The summed E-state index contributed by atoms with van der Waals surface area (Å²) >= 11 is 0. The molecule has 8 nitrogen and oxygen atoms in total. The normalized spacial score (nSPS) is 18.9. The Morgan fingerprint density at radius 2 is 1.89 bits per heavy atom. The molecule has 186 valence electrons. The summed E-state index contributed by atoms with van der Waals surface area (Å²) in [6, 6.07) is 11.7. The van der Waals surface area contributed by atoms with Gasteiger partial charge in [0.25, 0.3) is 11.7 Å². The van der Waals surface area contributed by atoms with Crippen LogP contribution in [0.3, 0.4) is 0 Å². The number of ketones is 1. The first-order chi connectivity index (χ1) is 16.9. The molecule has 0 aromatic heterocycles. The van der Waals surface area contributed by atoms with Crippen LogP contribution in [0.4, 0.5) is 0 Å². The lowest BCUT2D eigenvalue weighted by Crippen LogP contribution is -2.32. The second-order valence-electron chi connectivity index (χ2n) is 8.93. The van der Waals surface area contributed by atoms with Gasteiger partial charge in [-0.05, 0) is 69.4 Å². The van der Waals surface area contributed by atoms with Crippen LogP contribution in [0, 0.1) is 0 Å². The van der Waals surface area contributed by atoms with Crippen molar-refractivity contribution >= 4 is 17.4 Å². The van der Waals surface area contributed by atoms with Crippen LogP contribution >= 0.6 is 0 Å². The first kappa shape index (κ1) is 24.6. The van der Waals surface area contributed by atoms with Crippen molar-refractivity contribution in [2.45, 2.75) is 25.8 Å². The molecule has 35 heavy (non-hydrogen) atoms. The maximum atomic E-state index is 13.3. The maximum Gasteiger partial charge on any atom is 0.295 e. The van der Waals surface area contributed by atoms with Gasteiger partial charge in [-0.25, -0.2) is 0 Å². The van der Waals surface area contributed by atoms with Gasteiger partial charge < -0.3 is 29.1 Å². The monoisotopic (exact) mass is 480 g/mol. The number of Topliss-reactive ketones (excluding diaryl/α,β-unsaturated/α-hetero) is 1. The van der Waals surface area contributed by atoms with Gasteiger partial charge in [0.1, 0.15) is 24.7 Å². The van der Waals surface area contributed by atoms with Gasteiger partial charge in [0.2, 0.25) is 0 Å². The molecule has 0 spiro atoms. The van der Waals surface area contributed by atoms with E-state index in [1.165, 1.54) is 0 Å². The van der Waals surface area contributed by atoms with Gasteiger partial charge in [0, 0.05) is 12.1 Å². The maximum absolute atomic E-state index is 13.3. The van der Waals surface area contributed by atoms with Gasteiger partial charge in [0.15, 0.2) is 11.5 Å². The molecule has 2 aromatic carbocycles. The van der Waals surface area contributed by atoms with Crippen molar-refractivity contribution in [1.82, 2.24) is 9.80 Å². The molecule has 8 heteroatoms. The van der Waals surface area contributed by atoms with Crippen LogP contribution in [0.5, 0.6) is 17.2 Å². The number of likely N-dealkylation sites (tertiary alicyclic amines) is 1. The molecular weight excluding hydrogens is 448 g/mol. The zero-order chi connectivity index (χ0) is 24.9. The average molecular weight is 481 g/mol. The predicted octanol–water partition coefficient (Wildman–Crippen LogP) is 3.62. The SMILES string of the molecule is CCCOc1cccc(C2/C(=C(/O)c3ccc4c(c3)OCCO4)C(=O)C(=O)N2CCCN(C)C)c1. The Kier molecular flexibility index (Phi) is 7.60. The third-order valence-electron chi connectivity index (χ3n) is 6.01. The third-order valence-corrected chi connectivity index (χ3v) is 6.01. The highest BCUT2D eigenvalue weighted by Crippen LogP contribution is 2.41. The van der Waals surface area contributed by atoms with E-state index in [1.807, 2.05) is 50.2 Å². The number of aliphatic hydroxyl groups is 1. The summed E-state index contributed by atoms with van der Waals surface area (Å²) in [4.78, 5) is 30.0. The van der Waals surface area contributed by atoms with Gasteiger partial charge in [-0.15, -0.1) is 0 Å². The minimum atomic E-state index is -0.726. The molecule has 0 bridgehead atoms. The van der Waals surface area contributed by atoms with Crippen molar-refractivity contribution in [2.24, 2.45) is 0 Å². The number of nitrogens with zero attached hydrogens (tertiary/aromatic N) is 2. The zero-order valence-electron chi connectivity index (χ0n) is 20.5. The number of rotatable bonds is 9. The van der Waals surface area contributed by atoms with Crippen LogP contribution in [0.1, 0.15) is 36.9 Å². The molecule has 1 N–H and O–H groups in total. The van der Waals surface area contributed by atoms with E-state index in [9.17, 15) is 14.7 Å². The van der Waals surface area contributed by atoms with Gasteiger partial charge in [-0.2, -0.15) is 0 Å². The highest BCUT2D eigenvalue weighted by atomic mass is 16.6. The highest BCUT2D eigenvalue weighted by molar-refractivity contribution is 6.46. The number of amides is 1. The number of hydrogen-bond acceptors (Lipinski definition) is 7. The van der Waals surface area contributed by atoms with Gasteiger partial charge in [0.05, 0.1) is 18.2 Å². The molecule has 2 aromatic rings. The van der Waals surface area contributed by atoms with E-state index in [4.69, 9.17) is 14.2 Å². The Hall–Kier alpha value is -3.52. The fourth-order valence-electron chi connectivity index (χ4n) is 4.35. The topological polar surface area (TPSA) is 88.5 Å². The molecule has 1 atom stereocenters. The minimum Gasteiger partial charge on any atom is -0.507 e. The summed E-state index contributed by atoms with van der Waals surface area (Å²) in [5.41, 5.74) is 1.16. The predicted molar refractivity (Wildman–Crippen MR) is 132 cm³/mol. The van der Waals surface area contributed by atoms with Crippen molar-refractivity contribution < 1.29 is 28.9 Å². The summed E-state index contributed by atoms with van der Waals surface area (Å²) in [6.07, 6.45) is 1.55. The van der Waals surface area contributed by atoms with Crippen LogP contribution in [0.15, 0.2) is 48.0 Å². The molecule has 0 saturated carbocycles. The standard InChI is InChI=1S/C27H32N2O6/c1-4-13-33-20-8-5-7-18(16-20)24-23(26(31)27(32)29(24)12-6-11-28(2)3)25(30)19-9-10-21-22(17-19)35-15-14-34-21/h5,7-10,16-17,24,30H,4,6,11-15H2,1-3H3/b25-23-. The molecular formula is C27H32N2O6. The summed E-state index contributed by atoms with van der Waals surface area (Å²) in [5, 5.41) is 11.3. The molecule has 1 saturated heterocycles. The Morgan fingerprint density at radius 3 is 2.63 bits per heavy atom. The molecule has 1 unspecified atom stereocenters. The largest absolute Gasteiger partial charge is 0.507 e. The van der Waals surface area contributed by atoms with E-state index in [0.29, 0.717) is 61.2 Å². The van der Waals surface area contributed by atoms with E-state index in [1.54, 1.807) is 23.1 Å². The Labute approximate surface area is 205 Å². The van der Waals surface area contributed by atoms with E-state index >= 15 is 0 Å². The Morgan fingerprint density at radius 1 is 1.11 bits per heavy atom. The van der Waals surface area contributed by atoms with Crippen LogP contribution < -0.4 is 14.2 Å². The average Bonchev–Trinajstić information content (AvgIpc) is 3.11. The highest BCUT2D eigenvalue weighted by Gasteiger charge is 2.46. The Bertz CT molecular complexity index is 1130. The first-order valence-corrected chi connectivity index (χ1v) is 12.0. The second-order valence-corrected chi connectivity index (χ2v) is 8.93. The molecule has 0 radical (unpaired) electrons. The summed E-state index contributed by atoms with van der Waals surface area (Å²) in [5.74, 6) is 0.170. The fraction of sp³-hybridized carbons (Fsp3) is 0.407. The summed E-state index contributed by atoms with van der Waals surface area (Å²) in [6.45, 7) is 4.58. The number of ether oxygens (including phenoxy) is 3. The van der Waals surface area contributed by atoms with Gasteiger partial charge in [-0.3, -0.25) is 9.59 Å². The molecule has 1 amide bonds. The van der Waals surface area contributed by atoms with Crippen molar-refractivity contribution in [3.63, 3.8) is 0 Å². The molecule has 1 fully saturated rings. The quantitative estimate of drug-likeness (QED) is 0.333. The molecule has 2 heterocycles. The Balaban J connectivity index is 1.77. The number of benzene rings is 2. The van der Waals surface area contributed by atoms with E-state index in [0.717, 1.165) is 13.0 Å². The van der Waals surface area contributed by atoms with Crippen LogP contribution in [-0.4, -0.2) is 73.6 Å². The van der Waals surface area contributed by atoms with Gasteiger partial charge in [-0.1, -0.05) is 19.1 Å². The summed E-state index contributed by atoms with van der Waals surface area (Å²) < 4.78 is 17.0. The zero-order valence-corrected chi connectivity index (χ0v) is 20.5. The van der Waals surface area contributed by atoms with Crippen molar-refractivity contribution in [3.05, 3.63) is 59.2 Å². The van der Waals surface area contributed by atoms with Crippen LogP contribution in [-0.2, 0) is 9.59 Å². The van der Waals surface area contributed by atoms with Crippen molar-refractivity contribution in [1.29, 1.82) is 0 Å². The minimum absolute atomic E-state index is 0.0594. The van der Waals surface area contributed by atoms with E-state index in [2.05, 4.69) is 0 Å². The second kappa shape index (κ2) is 10.8. The fourth-order valence-corrected chi connectivity index (χ4v) is 4.35. The third kappa shape index (κ3) is 5.27. The summed E-state index contributed by atoms with van der Waals surface area (Å²) in [7, 11) is 3.92. The molecule has 0 aliphatic carbocycles. The number of hydrogen-bond donors (Lipinski definition) is 1. The smallest absolute Gasteiger partial charge is 0.295 e. The van der Waals surface area contributed by atoms with E-state index < -0.39 is 17.7 Å². The molecule has 4 rings (SSSR count). The lowest BCUT2D eigenvalue weighted by Gasteiger charge is -2.26. The lowest BCUT2D eigenvalue weighted by molar-refractivity contribution is -0.139. The number of fused-ring (bicyclic) bond motifs is 1. The molecule has 2 aliphatic rings. The number of carbonyl (C=O) groups excluding carboxylic acids is 2. The first-order valence-electron chi connectivity index (χ1n) is 12.0. The van der Waals surface area contributed by atoms with Crippen LogP contribution in [0.2, 0.25) is 0 Å².